The average Bonchev–Trinajstić information content (AvgIpc) is 2.81. The van der Waals surface area contributed by atoms with Crippen molar-refractivity contribution in [2.75, 3.05) is 0 Å². The van der Waals surface area contributed by atoms with Crippen molar-refractivity contribution in [1.29, 1.82) is 5.26 Å². The first-order chi connectivity index (χ1) is 14.7. The summed E-state index contributed by atoms with van der Waals surface area (Å²) in [5.74, 6) is -0.0697. The van der Waals surface area contributed by atoms with Crippen molar-refractivity contribution in [2.24, 2.45) is 0 Å². The van der Waals surface area contributed by atoms with E-state index in [1.54, 1.807) is 36.4 Å². The average molecular weight is 391 g/mol. The summed E-state index contributed by atoms with van der Waals surface area (Å²) in [7, 11) is 0. The number of nitriles is 1. The summed E-state index contributed by atoms with van der Waals surface area (Å²) < 4.78 is 1.92. The molecule has 0 radical (unpaired) electrons. The summed E-state index contributed by atoms with van der Waals surface area (Å²) >= 11 is 0. The molecule has 0 N–H and O–H groups in total. The van der Waals surface area contributed by atoms with Gasteiger partial charge in [0.05, 0.1) is 18.1 Å². The zero-order chi connectivity index (χ0) is 20.9. The quantitative estimate of drug-likeness (QED) is 0.363. The largest absolute Gasteiger partial charge is 0.294 e. The van der Waals surface area contributed by atoms with Crippen LogP contribution in [-0.2, 0) is 13.0 Å². The second kappa shape index (κ2) is 8.50. The van der Waals surface area contributed by atoms with Crippen LogP contribution in [0.25, 0.3) is 10.9 Å². The molecule has 3 aromatic carbocycles. The minimum absolute atomic E-state index is 0.0102. The summed E-state index contributed by atoms with van der Waals surface area (Å²) in [6, 6.07) is 29.5. The van der Waals surface area contributed by atoms with Gasteiger partial charge in [0, 0.05) is 28.6 Å². The van der Waals surface area contributed by atoms with Gasteiger partial charge in [-0.15, -0.1) is 0 Å². The molecule has 0 unspecified atom stereocenters. The van der Waals surface area contributed by atoms with Crippen molar-refractivity contribution in [3.8, 4) is 6.07 Å². The fourth-order valence-corrected chi connectivity index (χ4v) is 3.50. The van der Waals surface area contributed by atoms with E-state index in [2.05, 4.69) is 6.07 Å². The SMILES string of the molecule is N#Cc1ccc(C(=O)Cc2ccc3ccccc3[n+]2CC(=O)c2ccccc2)cc1. The molecule has 4 nitrogen and oxygen atoms in total. The minimum atomic E-state index is -0.0596. The van der Waals surface area contributed by atoms with E-state index in [-0.39, 0.29) is 24.5 Å². The molecule has 0 aliphatic rings. The van der Waals surface area contributed by atoms with Crippen LogP contribution in [0.3, 0.4) is 0 Å². The predicted octanol–water partition coefficient (Wildman–Crippen LogP) is 4.31. The molecule has 1 heterocycles. The van der Waals surface area contributed by atoms with E-state index >= 15 is 0 Å². The maximum Gasteiger partial charge on any atom is 0.227 e. The van der Waals surface area contributed by atoms with E-state index in [4.69, 9.17) is 5.26 Å². The lowest BCUT2D eigenvalue weighted by Crippen LogP contribution is -2.43. The van der Waals surface area contributed by atoms with Gasteiger partial charge in [0.15, 0.2) is 11.5 Å². The molecular weight excluding hydrogens is 372 g/mol. The van der Waals surface area contributed by atoms with Gasteiger partial charge in [-0.1, -0.05) is 54.6 Å². The van der Waals surface area contributed by atoms with Gasteiger partial charge in [-0.05, 0) is 24.3 Å². The van der Waals surface area contributed by atoms with Crippen LogP contribution in [0.2, 0.25) is 0 Å². The van der Waals surface area contributed by atoms with Crippen LogP contribution in [0, 0.1) is 11.3 Å². The lowest BCUT2D eigenvalue weighted by molar-refractivity contribution is -0.664. The van der Waals surface area contributed by atoms with Gasteiger partial charge in [0.25, 0.3) is 0 Å². The molecule has 4 heteroatoms. The number of benzene rings is 3. The summed E-state index contributed by atoms with van der Waals surface area (Å²) in [5, 5.41) is 9.95. The fourth-order valence-electron chi connectivity index (χ4n) is 3.50. The van der Waals surface area contributed by atoms with Crippen molar-refractivity contribution in [3.05, 3.63) is 113 Å². The van der Waals surface area contributed by atoms with Crippen LogP contribution < -0.4 is 4.57 Å². The van der Waals surface area contributed by atoms with E-state index in [1.165, 1.54) is 0 Å². The van der Waals surface area contributed by atoms with Crippen LogP contribution in [0.15, 0.2) is 91.0 Å². The molecule has 30 heavy (non-hydrogen) atoms. The van der Waals surface area contributed by atoms with E-state index < -0.39 is 0 Å². The molecule has 0 aliphatic carbocycles. The van der Waals surface area contributed by atoms with Crippen molar-refractivity contribution in [2.45, 2.75) is 13.0 Å². The maximum atomic E-state index is 12.9. The van der Waals surface area contributed by atoms with E-state index in [0.29, 0.717) is 16.7 Å². The number of fused-ring (bicyclic) bond motifs is 1. The third-order valence-electron chi connectivity index (χ3n) is 5.10. The molecule has 4 aromatic rings. The number of nitrogens with zero attached hydrogens (tertiary/aromatic N) is 2. The maximum absolute atomic E-state index is 12.9. The van der Waals surface area contributed by atoms with Gasteiger partial charge < -0.3 is 0 Å². The smallest absolute Gasteiger partial charge is 0.227 e. The van der Waals surface area contributed by atoms with Gasteiger partial charge >= 0.3 is 0 Å². The van der Waals surface area contributed by atoms with Crippen molar-refractivity contribution in [1.82, 2.24) is 0 Å². The van der Waals surface area contributed by atoms with E-state index in [9.17, 15) is 9.59 Å². The van der Waals surface area contributed by atoms with E-state index in [1.807, 2.05) is 59.2 Å². The Labute approximate surface area is 174 Å². The van der Waals surface area contributed by atoms with Gasteiger partial charge in [-0.2, -0.15) is 9.83 Å². The third-order valence-corrected chi connectivity index (χ3v) is 5.10. The number of para-hydroxylation sites is 1. The Balaban J connectivity index is 1.70. The molecule has 1 aromatic heterocycles. The zero-order valence-electron chi connectivity index (χ0n) is 16.3. The van der Waals surface area contributed by atoms with Crippen LogP contribution in [0.1, 0.15) is 32.0 Å². The molecule has 0 saturated carbocycles. The number of carbonyl (C=O) groups is 2. The van der Waals surface area contributed by atoms with Crippen LogP contribution >= 0.6 is 0 Å². The highest BCUT2D eigenvalue weighted by molar-refractivity contribution is 5.97. The normalized spacial score (nSPS) is 10.5. The van der Waals surface area contributed by atoms with Gasteiger partial charge in [0.1, 0.15) is 0 Å². The second-order valence-electron chi connectivity index (χ2n) is 7.05. The topological polar surface area (TPSA) is 61.8 Å². The lowest BCUT2D eigenvalue weighted by Gasteiger charge is -2.08. The monoisotopic (exact) mass is 391 g/mol. The third kappa shape index (κ3) is 4.01. The summed E-state index contributed by atoms with van der Waals surface area (Å²) in [6.07, 6.45) is 0.165. The Morgan fingerprint density at radius 1 is 0.733 bits per heavy atom. The molecular formula is C26H19N2O2+. The first-order valence-electron chi connectivity index (χ1n) is 9.68. The number of hydrogen-bond donors (Lipinski definition) is 0. The summed E-state index contributed by atoms with van der Waals surface area (Å²) in [5.41, 5.74) is 3.38. The predicted molar refractivity (Wildman–Crippen MR) is 114 cm³/mol. The Hall–Kier alpha value is -4.10. The summed E-state index contributed by atoms with van der Waals surface area (Å²) in [4.78, 5) is 25.8. The Kier molecular flexibility index (Phi) is 5.45. The summed E-state index contributed by atoms with van der Waals surface area (Å²) in [6.45, 7) is 0.154. The molecule has 0 saturated heterocycles. The molecule has 144 valence electrons. The molecule has 4 rings (SSSR count). The van der Waals surface area contributed by atoms with Crippen LogP contribution in [0.4, 0.5) is 0 Å². The van der Waals surface area contributed by atoms with Crippen LogP contribution in [0.5, 0.6) is 0 Å². The number of Topliss-reactive ketones (excluding diaryl/α,β-unsaturated/α-hetero) is 2. The first-order valence-corrected chi connectivity index (χ1v) is 9.68. The molecule has 0 bridgehead atoms. The molecule has 0 atom stereocenters. The standard InChI is InChI=1S/C26H19N2O2/c27-17-19-10-12-22(13-11-19)25(29)16-23-15-14-20-6-4-5-9-24(20)28(23)18-26(30)21-7-2-1-3-8-21/h1-15H,16,18H2/q+1. The fraction of sp³-hybridized carbons (Fsp3) is 0.0769. The number of aromatic nitrogens is 1. The minimum Gasteiger partial charge on any atom is -0.294 e. The first kappa shape index (κ1) is 19.2. The Bertz CT molecular complexity index is 1270. The Morgan fingerprint density at radius 2 is 1.40 bits per heavy atom. The number of carbonyl (C=O) groups excluding carboxylic acids is 2. The van der Waals surface area contributed by atoms with Gasteiger partial charge in [-0.3, -0.25) is 9.59 Å². The van der Waals surface area contributed by atoms with Crippen molar-refractivity contribution < 1.29 is 14.2 Å². The number of rotatable bonds is 6. The number of ketones is 2. The lowest BCUT2D eigenvalue weighted by atomic mass is 10.0. The zero-order valence-corrected chi connectivity index (χ0v) is 16.3. The van der Waals surface area contributed by atoms with E-state index in [0.717, 1.165) is 16.6 Å². The molecule has 0 amide bonds. The van der Waals surface area contributed by atoms with Crippen LogP contribution in [-0.4, -0.2) is 11.6 Å². The second-order valence-corrected chi connectivity index (χ2v) is 7.05. The highest BCUT2D eigenvalue weighted by Gasteiger charge is 2.22. The highest BCUT2D eigenvalue weighted by Crippen LogP contribution is 2.14. The number of hydrogen-bond acceptors (Lipinski definition) is 3. The van der Waals surface area contributed by atoms with Gasteiger partial charge in [0.2, 0.25) is 17.8 Å². The van der Waals surface area contributed by atoms with Crippen molar-refractivity contribution in [3.63, 3.8) is 0 Å². The highest BCUT2D eigenvalue weighted by atomic mass is 16.1. The van der Waals surface area contributed by atoms with Crippen molar-refractivity contribution >= 4 is 22.5 Å². The number of pyridine rings is 1. The molecule has 0 fully saturated rings. The van der Waals surface area contributed by atoms with Gasteiger partial charge in [-0.25, -0.2) is 0 Å². The molecule has 0 aliphatic heterocycles. The Morgan fingerprint density at radius 3 is 2.13 bits per heavy atom. The molecule has 0 spiro atoms.